The summed E-state index contributed by atoms with van der Waals surface area (Å²) in [6.07, 6.45) is -4.47. The lowest BCUT2D eigenvalue weighted by Gasteiger charge is -2.12. The van der Waals surface area contributed by atoms with E-state index in [4.69, 9.17) is 0 Å². The highest BCUT2D eigenvalue weighted by Gasteiger charge is 2.31. The van der Waals surface area contributed by atoms with E-state index in [9.17, 15) is 21.6 Å². The zero-order chi connectivity index (χ0) is 22.3. The Morgan fingerprint density at radius 3 is 2.33 bits per heavy atom. The predicted octanol–water partition coefficient (Wildman–Crippen LogP) is 4.82. The van der Waals surface area contributed by atoms with E-state index in [1.807, 2.05) is 19.9 Å². The van der Waals surface area contributed by atoms with Crippen molar-refractivity contribution >= 4 is 20.9 Å². The first-order valence-electron chi connectivity index (χ1n) is 9.32. The number of sulfonamides is 1. The summed E-state index contributed by atoms with van der Waals surface area (Å²) in [7, 11) is -3.72. The Labute approximate surface area is 173 Å². The molecule has 0 saturated heterocycles. The number of benzene rings is 2. The fourth-order valence-electron chi connectivity index (χ4n) is 3.49. The van der Waals surface area contributed by atoms with Gasteiger partial charge in [-0.2, -0.15) is 0 Å². The van der Waals surface area contributed by atoms with Crippen molar-refractivity contribution in [1.82, 2.24) is 9.71 Å². The molecule has 162 valence electrons. The third kappa shape index (κ3) is 4.79. The van der Waals surface area contributed by atoms with E-state index in [0.717, 1.165) is 22.4 Å². The number of nitrogens with one attached hydrogen (secondary N) is 2. The van der Waals surface area contributed by atoms with Crippen LogP contribution in [0.15, 0.2) is 35.2 Å². The lowest BCUT2D eigenvalue weighted by Crippen LogP contribution is -2.27. The summed E-state index contributed by atoms with van der Waals surface area (Å²) in [6.45, 7) is 7.41. The van der Waals surface area contributed by atoms with E-state index in [-0.39, 0.29) is 17.2 Å². The summed E-state index contributed by atoms with van der Waals surface area (Å²) in [5, 5.41) is 0.566. The minimum atomic E-state index is -4.78. The Balaban J connectivity index is 1.81. The molecule has 2 N–H and O–H groups in total. The Morgan fingerprint density at radius 1 is 1.00 bits per heavy atom. The molecule has 0 unspecified atom stereocenters. The van der Waals surface area contributed by atoms with Crippen LogP contribution in [0.4, 0.5) is 13.2 Å². The zero-order valence-electron chi connectivity index (χ0n) is 17.1. The number of alkyl halides is 3. The van der Waals surface area contributed by atoms with Crippen LogP contribution in [0.1, 0.15) is 27.9 Å². The molecule has 0 bridgehead atoms. The maximum atomic E-state index is 12.7. The van der Waals surface area contributed by atoms with Crippen molar-refractivity contribution in [2.24, 2.45) is 0 Å². The molecule has 3 rings (SSSR count). The van der Waals surface area contributed by atoms with Crippen molar-refractivity contribution in [1.29, 1.82) is 0 Å². The van der Waals surface area contributed by atoms with Gasteiger partial charge in [-0.1, -0.05) is 6.07 Å². The van der Waals surface area contributed by atoms with Crippen molar-refractivity contribution in [2.45, 2.75) is 45.4 Å². The summed E-state index contributed by atoms with van der Waals surface area (Å²) >= 11 is 0. The summed E-state index contributed by atoms with van der Waals surface area (Å²) in [6, 6.07) is 7.53. The molecule has 0 fully saturated rings. The average molecular weight is 440 g/mol. The van der Waals surface area contributed by atoms with Gasteiger partial charge in [-0.25, -0.2) is 13.1 Å². The summed E-state index contributed by atoms with van der Waals surface area (Å²) in [5.41, 5.74) is 4.70. The number of hydrogen-bond donors (Lipinski definition) is 2. The number of aromatic nitrogens is 1. The van der Waals surface area contributed by atoms with E-state index in [2.05, 4.69) is 14.4 Å². The van der Waals surface area contributed by atoms with E-state index in [1.165, 1.54) is 18.2 Å². The normalized spacial score (nSPS) is 12.5. The molecule has 0 amide bonds. The van der Waals surface area contributed by atoms with E-state index in [1.54, 1.807) is 19.9 Å². The quantitative estimate of drug-likeness (QED) is 0.577. The van der Waals surface area contributed by atoms with Crippen LogP contribution in [0.5, 0.6) is 5.75 Å². The second-order valence-electron chi connectivity index (χ2n) is 7.33. The molecule has 5 nitrogen and oxygen atoms in total. The van der Waals surface area contributed by atoms with Crippen molar-refractivity contribution in [3.8, 4) is 5.75 Å². The molecule has 2 aromatic carbocycles. The van der Waals surface area contributed by atoms with E-state index >= 15 is 0 Å². The maximum absolute atomic E-state index is 12.7. The lowest BCUT2D eigenvalue weighted by molar-refractivity contribution is -0.274. The largest absolute Gasteiger partial charge is 0.573 e. The molecule has 0 aliphatic rings. The van der Waals surface area contributed by atoms with Crippen LogP contribution in [-0.2, 0) is 16.4 Å². The third-order valence-corrected chi connectivity index (χ3v) is 6.68. The first-order chi connectivity index (χ1) is 13.9. The van der Waals surface area contributed by atoms with Gasteiger partial charge in [0.2, 0.25) is 10.0 Å². The summed E-state index contributed by atoms with van der Waals surface area (Å²) in [5.74, 6) is -0.318. The molecule has 0 saturated carbocycles. The number of rotatable bonds is 6. The molecule has 0 aliphatic heterocycles. The van der Waals surface area contributed by atoms with Gasteiger partial charge >= 0.3 is 6.36 Å². The summed E-state index contributed by atoms with van der Waals surface area (Å²) in [4.78, 5) is 3.33. The fourth-order valence-corrected chi connectivity index (χ4v) is 4.83. The molecule has 1 heterocycles. The molecule has 0 spiro atoms. The highest BCUT2D eigenvalue weighted by molar-refractivity contribution is 7.89. The van der Waals surface area contributed by atoms with Gasteiger partial charge < -0.3 is 9.72 Å². The second kappa shape index (κ2) is 7.96. The maximum Gasteiger partial charge on any atom is 0.573 e. The first kappa shape index (κ1) is 22.2. The highest BCUT2D eigenvalue weighted by Crippen LogP contribution is 2.30. The molecular formula is C21H23F3N2O3S. The minimum Gasteiger partial charge on any atom is -0.406 e. The van der Waals surface area contributed by atoms with Gasteiger partial charge in [0.1, 0.15) is 5.75 Å². The molecule has 1 aromatic heterocycles. The molecule has 9 heteroatoms. The van der Waals surface area contributed by atoms with Crippen LogP contribution < -0.4 is 9.46 Å². The van der Waals surface area contributed by atoms with Gasteiger partial charge in [-0.15, -0.1) is 13.2 Å². The van der Waals surface area contributed by atoms with Gasteiger partial charge in [0.25, 0.3) is 0 Å². The monoisotopic (exact) mass is 440 g/mol. The van der Waals surface area contributed by atoms with Crippen LogP contribution in [-0.4, -0.2) is 26.3 Å². The lowest BCUT2D eigenvalue weighted by atomic mass is 10.1. The fraction of sp³-hybridized carbons (Fsp3) is 0.333. The number of aryl methyl sites for hydroxylation is 4. The topological polar surface area (TPSA) is 71.2 Å². The number of hydrogen-bond acceptors (Lipinski definition) is 3. The van der Waals surface area contributed by atoms with E-state index < -0.39 is 16.4 Å². The number of ether oxygens (including phenoxy) is 1. The standard InChI is InChI=1S/C21H23F3N2O3S/c1-12-9-14(3)20(10-13(12)2)30(27,28)25-8-7-17-15(4)26-19-6-5-16(11-18(17)19)29-21(22,23)24/h5-6,9-11,25-26H,7-8H2,1-4H3. The Morgan fingerprint density at radius 2 is 1.67 bits per heavy atom. The van der Waals surface area contributed by atoms with Crippen LogP contribution in [0.2, 0.25) is 0 Å². The van der Waals surface area contributed by atoms with Gasteiger partial charge in [0, 0.05) is 23.1 Å². The average Bonchev–Trinajstić information content (AvgIpc) is 2.91. The minimum absolute atomic E-state index is 0.104. The van der Waals surface area contributed by atoms with Crippen LogP contribution in [0, 0.1) is 27.7 Å². The molecule has 0 aliphatic carbocycles. The Kier molecular flexibility index (Phi) is 5.88. The Hall–Kier alpha value is -2.52. The van der Waals surface area contributed by atoms with Crippen molar-refractivity contribution in [3.63, 3.8) is 0 Å². The van der Waals surface area contributed by atoms with Crippen LogP contribution in [0.3, 0.4) is 0 Å². The van der Waals surface area contributed by atoms with Gasteiger partial charge in [-0.3, -0.25) is 0 Å². The molecule has 0 atom stereocenters. The summed E-state index contributed by atoms with van der Waals surface area (Å²) < 4.78 is 69.6. The number of halogens is 3. The van der Waals surface area contributed by atoms with Gasteiger partial charge in [0.05, 0.1) is 4.90 Å². The number of aromatic amines is 1. The molecule has 30 heavy (non-hydrogen) atoms. The van der Waals surface area contributed by atoms with Gasteiger partial charge in [0.15, 0.2) is 0 Å². The first-order valence-corrected chi connectivity index (χ1v) is 10.8. The molecule has 0 radical (unpaired) electrons. The van der Waals surface area contributed by atoms with Gasteiger partial charge in [-0.05, 0) is 80.6 Å². The molecule has 3 aromatic rings. The van der Waals surface area contributed by atoms with E-state index in [0.29, 0.717) is 22.9 Å². The number of fused-ring (bicyclic) bond motifs is 1. The molecular weight excluding hydrogens is 417 g/mol. The SMILES string of the molecule is Cc1cc(C)c(S(=O)(=O)NCCc2c(C)[nH]c3ccc(OC(F)(F)F)cc23)cc1C. The predicted molar refractivity (Wildman–Crippen MR) is 109 cm³/mol. The smallest absolute Gasteiger partial charge is 0.406 e. The third-order valence-electron chi connectivity index (χ3n) is 5.07. The van der Waals surface area contributed by atoms with Crippen molar-refractivity contribution in [3.05, 3.63) is 58.3 Å². The van der Waals surface area contributed by atoms with Crippen molar-refractivity contribution < 1.29 is 26.3 Å². The van der Waals surface area contributed by atoms with Crippen LogP contribution >= 0.6 is 0 Å². The van der Waals surface area contributed by atoms with Crippen LogP contribution in [0.25, 0.3) is 10.9 Å². The number of H-pyrrole nitrogens is 1. The second-order valence-corrected chi connectivity index (χ2v) is 9.07. The van der Waals surface area contributed by atoms with Crippen molar-refractivity contribution in [2.75, 3.05) is 6.54 Å². The Bertz CT molecular complexity index is 1200. The zero-order valence-corrected chi connectivity index (χ0v) is 17.9. The highest BCUT2D eigenvalue weighted by atomic mass is 32.2.